The van der Waals surface area contributed by atoms with Crippen LogP contribution in [0.3, 0.4) is 0 Å². The molecule has 0 aliphatic carbocycles. The Hall–Kier alpha value is -3.18. The molecule has 2 N–H and O–H groups in total. The summed E-state index contributed by atoms with van der Waals surface area (Å²) in [4.78, 5) is 23.3. The number of nitrogens with one attached hydrogen (secondary N) is 1. The zero-order valence-electron chi connectivity index (χ0n) is 17.7. The van der Waals surface area contributed by atoms with Gasteiger partial charge in [-0.3, -0.25) is 9.78 Å². The number of hydrogen-bond acceptors (Lipinski definition) is 7. The first-order chi connectivity index (χ1) is 15.5. The van der Waals surface area contributed by atoms with Gasteiger partial charge in [-0.2, -0.15) is 4.98 Å². The van der Waals surface area contributed by atoms with Gasteiger partial charge in [-0.15, -0.1) is 0 Å². The summed E-state index contributed by atoms with van der Waals surface area (Å²) < 4.78 is 41.2. The molecule has 4 rings (SSSR count). The average Bonchev–Trinajstić information content (AvgIpc) is 3.18. The maximum Gasteiger partial charge on any atom is 0.261 e. The second-order valence-corrected chi connectivity index (χ2v) is 7.41. The number of halogens is 2. The lowest BCUT2D eigenvalue weighted by Gasteiger charge is -2.36. The van der Waals surface area contributed by atoms with Crippen molar-refractivity contribution in [3.63, 3.8) is 0 Å². The van der Waals surface area contributed by atoms with Gasteiger partial charge in [0.2, 0.25) is 5.95 Å². The number of piperazine rings is 1. The highest BCUT2D eigenvalue weighted by Crippen LogP contribution is 2.29. The smallest absolute Gasteiger partial charge is 0.261 e. The largest absolute Gasteiger partial charge is 0.491 e. The van der Waals surface area contributed by atoms with Crippen LogP contribution in [0.1, 0.15) is 0 Å². The van der Waals surface area contributed by atoms with Gasteiger partial charge in [-0.05, 0) is 6.07 Å². The zero-order valence-corrected chi connectivity index (χ0v) is 17.7. The van der Waals surface area contributed by atoms with Crippen molar-refractivity contribution >= 4 is 22.7 Å². The van der Waals surface area contributed by atoms with Crippen molar-refractivity contribution in [3.8, 4) is 5.75 Å². The number of rotatable bonds is 8. The summed E-state index contributed by atoms with van der Waals surface area (Å²) in [6.45, 7) is 2.30. The molecule has 0 atom stereocenters. The third kappa shape index (κ3) is 4.39. The summed E-state index contributed by atoms with van der Waals surface area (Å²) in [7, 11) is 1.52. The van der Waals surface area contributed by atoms with Crippen LogP contribution in [0.2, 0.25) is 0 Å². The minimum Gasteiger partial charge on any atom is -0.491 e. The molecule has 3 heterocycles. The van der Waals surface area contributed by atoms with Gasteiger partial charge in [-0.25, -0.2) is 8.78 Å². The van der Waals surface area contributed by atoms with Crippen molar-refractivity contribution in [2.45, 2.75) is 6.54 Å². The van der Waals surface area contributed by atoms with Crippen LogP contribution >= 0.6 is 0 Å². The van der Waals surface area contributed by atoms with Gasteiger partial charge in [0.25, 0.3) is 5.56 Å². The Kier molecular flexibility index (Phi) is 6.56. The van der Waals surface area contributed by atoms with Crippen LogP contribution in [0, 0.1) is 11.6 Å². The Labute approximate surface area is 182 Å². The first-order valence-electron chi connectivity index (χ1n) is 10.3. The van der Waals surface area contributed by atoms with E-state index in [1.807, 2.05) is 4.90 Å². The normalized spacial score (nSPS) is 14.4. The molecule has 1 fully saturated rings. The zero-order chi connectivity index (χ0) is 22.7. The quantitative estimate of drug-likeness (QED) is 0.501. The van der Waals surface area contributed by atoms with Gasteiger partial charge >= 0.3 is 0 Å². The van der Waals surface area contributed by atoms with Crippen LogP contribution < -0.4 is 20.1 Å². The monoisotopic (exact) mass is 449 g/mol. The SMILES string of the molecule is COCCOc1cc(F)c(N2CCN(c3nc4c(ccn4CCO)c(=O)[nH]3)CC2)c(F)c1. The number of benzene rings is 1. The number of aromatic nitrogens is 3. The summed E-state index contributed by atoms with van der Waals surface area (Å²) >= 11 is 0. The fourth-order valence-corrected chi connectivity index (χ4v) is 3.81. The van der Waals surface area contributed by atoms with Gasteiger partial charge in [0.1, 0.15) is 23.7 Å². The van der Waals surface area contributed by atoms with E-state index in [4.69, 9.17) is 9.47 Å². The molecule has 1 saturated heterocycles. The van der Waals surface area contributed by atoms with Crippen LogP contribution in [0.15, 0.2) is 29.2 Å². The number of hydrogen-bond donors (Lipinski definition) is 2. The van der Waals surface area contributed by atoms with Gasteiger partial charge in [0, 0.05) is 58.2 Å². The van der Waals surface area contributed by atoms with Crippen LogP contribution in [0.25, 0.3) is 11.0 Å². The summed E-state index contributed by atoms with van der Waals surface area (Å²) in [5.41, 5.74) is 0.115. The third-order valence-corrected chi connectivity index (χ3v) is 5.40. The number of aromatic amines is 1. The van der Waals surface area contributed by atoms with Crippen molar-refractivity contribution in [2.75, 3.05) is 62.9 Å². The Morgan fingerprint density at radius 2 is 1.81 bits per heavy atom. The molecular weight excluding hydrogens is 424 g/mol. The molecule has 0 spiro atoms. The molecular formula is C21H25F2N5O4. The predicted molar refractivity (Wildman–Crippen MR) is 116 cm³/mol. The van der Waals surface area contributed by atoms with Crippen molar-refractivity contribution < 1.29 is 23.4 Å². The maximum atomic E-state index is 14.6. The lowest BCUT2D eigenvalue weighted by Crippen LogP contribution is -2.48. The molecule has 11 heteroatoms. The van der Waals surface area contributed by atoms with E-state index in [0.717, 1.165) is 0 Å². The first kappa shape index (κ1) is 22.0. The summed E-state index contributed by atoms with van der Waals surface area (Å²) in [6, 6.07) is 4.00. The standard InChI is InChI=1S/C21H25F2N5O4/c1-31-10-11-32-14-12-16(22)18(17(23)13-14)26-4-6-28(7-5-26)21-24-19-15(20(30)25-21)2-3-27(19)8-9-29/h2-3,12-13,29H,4-11H2,1H3,(H,24,25,30). The van der Waals surface area contributed by atoms with E-state index < -0.39 is 11.6 Å². The topological polar surface area (TPSA) is 95.8 Å². The molecule has 1 aromatic carbocycles. The minimum absolute atomic E-state index is 0.0698. The number of H-pyrrole nitrogens is 1. The van der Waals surface area contributed by atoms with Crippen LogP contribution in [0.5, 0.6) is 5.75 Å². The van der Waals surface area contributed by atoms with E-state index in [1.165, 1.54) is 19.2 Å². The van der Waals surface area contributed by atoms with E-state index >= 15 is 0 Å². The summed E-state index contributed by atoms with van der Waals surface area (Å²) in [5, 5.41) is 9.66. The molecule has 0 bridgehead atoms. The predicted octanol–water partition coefficient (Wildman–Crippen LogP) is 1.35. The fraction of sp³-hybridized carbons (Fsp3) is 0.429. The molecule has 3 aromatic rings. The molecule has 172 valence electrons. The minimum atomic E-state index is -0.694. The van der Waals surface area contributed by atoms with Crippen molar-refractivity contribution in [3.05, 3.63) is 46.4 Å². The van der Waals surface area contributed by atoms with Crippen molar-refractivity contribution in [2.24, 2.45) is 0 Å². The molecule has 0 saturated carbocycles. The summed E-state index contributed by atoms with van der Waals surface area (Å²) in [5.74, 6) is -0.885. The van der Waals surface area contributed by atoms with Crippen LogP contribution in [-0.4, -0.2) is 72.8 Å². The van der Waals surface area contributed by atoms with Crippen molar-refractivity contribution in [1.82, 2.24) is 14.5 Å². The van der Waals surface area contributed by atoms with Crippen molar-refractivity contribution in [1.29, 1.82) is 0 Å². The number of nitrogens with zero attached hydrogens (tertiary/aromatic N) is 4. The lowest BCUT2D eigenvalue weighted by atomic mass is 10.2. The second kappa shape index (κ2) is 9.53. The van der Waals surface area contributed by atoms with E-state index in [9.17, 15) is 18.7 Å². The number of aliphatic hydroxyl groups is 1. The first-order valence-corrected chi connectivity index (χ1v) is 10.3. The highest BCUT2D eigenvalue weighted by Gasteiger charge is 2.25. The van der Waals surface area contributed by atoms with E-state index in [0.29, 0.717) is 56.3 Å². The molecule has 0 radical (unpaired) electrons. The Morgan fingerprint density at radius 1 is 1.12 bits per heavy atom. The number of aliphatic hydroxyl groups excluding tert-OH is 1. The Balaban J connectivity index is 1.49. The van der Waals surface area contributed by atoms with Gasteiger partial charge < -0.3 is 28.9 Å². The highest BCUT2D eigenvalue weighted by molar-refractivity contribution is 5.76. The Bertz CT molecular complexity index is 1120. The lowest BCUT2D eigenvalue weighted by molar-refractivity contribution is 0.146. The summed E-state index contributed by atoms with van der Waals surface area (Å²) in [6.07, 6.45) is 1.71. The molecule has 32 heavy (non-hydrogen) atoms. The molecule has 9 nitrogen and oxygen atoms in total. The number of anilines is 2. The van der Waals surface area contributed by atoms with E-state index in [1.54, 1.807) is 21.7 Å². The van der Waals surface area contributed by atoms with Crippen LogP contribution in [-0.2, 0) is 11.3 Å². The van der Waals surface area contributed by atoms with Gasteiger partial charge in [-0.1, -0.05) is 0 Å². The Morgan fingerprint density at radius 3 is 2.47 bits per heavy atom. The van der Waals surface area contributed by atoms with Gasteiger partial charge in [0.15, 0.2) is 11.6 Å². The van der Waals surface area contributed by atoms with E-state index in [2.05, 4.69) is 9.97 Å². The molecule has 2 aromatic heterocycles. The number of ether oxygens (including phenoxy) is 2. The average molecular weight is 449 g/mol. The second-order valence-electron chi connectivity index (χ2n) is 7.41. The molecule has 1 aliphatic heterocycles. The third-order valence-electron chi connectivity index (χ3n) is 5.40. The fourth-order valence-electron chi connectivity index (χ4n) is 3.81. The number of fused-ring (bicyclic) bond motifs is 1. The van der Waals surface area contributed by atoms with Gasteiger partial charge in [0.05, 0.1) is 18.6 Å². The molecule has 0 amide bonds. The van der Waals surface area contributed by atoms with Crippen LogP contribution in [0.4, 0.5) is 20.4 Å². The van der Waals surface area contributed by atoms with E-state index in [-0.39, 0.29) is 30.2 Å². The number of methoxy groups -OCH3 is 1. The maximum absolute atomic E-state index is 14.6. The molecule has 0 unspecified atom stereocenters. The highest BCUT2D eigenvalue weighted by atomic mass is 19.1. The molecule has 1 aliphatic rings.